The number of alkyl halides is 3. The Morgan fingerprint density at radius 1 is 1.16 bits per heavy atom. The second kappa shape index (κ2) is 4.57. The number of rotatable bonds is 3. The Morgan fingerprint density at radius 3 is 2.26 bits per heavy atom. The molecule has 0 aliphatic rings. The number of imidazole rings is 1. The number of halogens is 3. The molecule has 0 atom stereocenters. The van der Waals surface area contributed by atoms with Crippen LogP contribution in [-0.4, -0.2) is 18.4 Å². The Hall–Kier alpha value is -2.03. The van der Waals surface area contributed by atoms with Crippen molar-refractivity contribution in [3.8, 4) is 0 Å². The van der Waals surface area contributed by atoms with Gasteiger partial charge in [-0.1, -0.05) is 0 Å². The molecule has 9 heteroatoms. The summed E-state index contributed by atoms with van der Waals surface area (Å²) in [4.78, 5) is 5.94. The van der Waals surface area contributed by atoms with Crippen LogP contribution >= 0.6 is 0 Å². The smallest absolute Gasteiger partial charge is 0.334 e. The molecule has 0 unspecified atom stereocenters. The number of anilines is 1. The first kappa shape index (κ1) is 13.4. The van der Waals surface area contributed by atoms with Gasteiger partial charge in [0.05, 0.1) is 18.1 Å². The van der Waals surface area contributed by atoms with Gasteiger partial charge in [-0.15, -0.1) is 0 Å². The maximum Gasteiger partial charge on any atom is 0.416 e. The highest BCUT2D eigenvalue weighted by molar-refractivity contribution is 7.92. The van der Waals surface area contributed by atoms with Crippen LogP contribution < -0.4 is 4.72 Å². The normalized spacial score (nSPS) is 12.4. The number of nitrogens with zero attached hydrogens (tertiary/aromatic N) is 1. The van der Waals surface area contributed by atoms with Crippen molar-refractivity contribution in [3.05, 3.63) is 42.4 Å². The van der Waals surface area contributed by atoms with Crippen molar-refractivity contribution in [2.75, 3.05) is 4.72 Å². The van der Waals surface area contributed by atoms with Gasteiger partial charge in [0.25, 0.3) is 10.0 Å². The fourth-order valence-electron chi connectivity index (χ4n) is 1.33. The van der Waals surface area contributed by atoms with E-state index in [1.807, 2.05) is 0 Å². The van der Waals surface area contributed by atoms with E-state index in [1.165, 1.54) is 6.33 Å². The van der Waals surface area contributed by atoms with Crippen LogP contribution in [-0.2, 0) is 16.2 Å². The summed E-state index contributed by atoms with van der Waals surface area (Å²) in [6.45, 7) is 0. The molecule has 5 nitrogen and oxygen atoms in total. The first-order valence-electron chi connectivity index (χ1n) is 4.97. The largest absolute Gasteiger partial charge is 0.416 e. The molecule has 1 heterocycles. The quantitative estimate of drug-likeness (QED) is 0.910. The monoisotopic (exact) mass is 291 g/mol. The van der Waals surface area contributed by atoms with E-state index in [0.29, 0.717) is 0 Å². The van der Waals surface area contributed by atoms with E-state index in [-0.39, 0.29) is 10.7 Å². The van der Waals surface area contributed by atoms with Gasteiger partial charge < -0.3 is 4.98 Å². The summed E-state index contributed by atoms with van der Waals surface area (Å²) in [5.41, 5.74) is -0.820. The first-order valence-corrected chi connectivity index (χ1v) is 6.46. The standard InChI is InChI=1S/C10H8F3N3O2S/c11-10(12,13)7-1-3-8(4-2-7)16-19(17,18)9-5-14-6-15-9/h1-6,16H,(H,14,15). The Labute approximate surface area is 106 Å². The molecule has 2 aromatic rings. The zero-order valence-corrected chi connectivity index (χ0v) is 10.1. The van der Waals surface area contributed by atoms with Gasteiger partial charge in [0, 0.05) is 5.69 Å². The highest BCUT2D eigenvalue weighted by Gasteiger charge is 2.30. The minimum absolute atomic E-state index is 0.0302. The van der Waals surface area contributed by atoms with E-state index in [0.717, 1.165) is 30.5 Å². The van der Waals surface area contributed by atoms with E-state index < -0.39 is 21.8 Å². The summed E-state index contributed by atoms with van der Waals surface area (Å²) in [5.74, 6) is 0. The molecule has 0 amide bonds. The van der Waals surface area contributed by atoms with Crippen molar-refractivity contribution < 1.29 is 21.6 Å². The van der Waals surface area contributed by atoms with Gasteiger partial charge in [-0.2, -0.15) is 21.6 Å². The van der Waals surface area contributed by atoms with Crippen molar-refractivity contribution in [1.29, 1.82) is 0 Å². The third kappa shape index (κ3) is 3.05. The van der Waals surface area contributed by atoms with Crippen molar-refractivity contribution in [2.24, 2.45) is 0 Å². The molecule has 0 bridgehead atoms. The van der Waals surface area contributed by atoms with E-state index in [2.05, 4.69) is 14.7 Å². The van der Waals surface area contributed by atoms with Crippen molar-refractivity contribution >= 4 is 15.7 Å². The fourth-order valence-corrected chi connectivity index (χ4v) is 2.29. The topological polar surface area (TPSA) is 74.8 Å². The number of aromatic amines is 1. The van der Waals surface area contributed by atoms with Gasteiger partial charge in [-0.05, 0) is 24.3 Å². The zero-order valence-electron chi connectivity index (χ0n) is 9.27. The predicted molar refractivity (Wildman–Crippen MR) is 60.8 cm³/mol. The molecule has 2 N–H and O–H groups in total. The maximum absolute atomic E-state index is 12.3. The van der Waals surface area contributed by atoms with Crippen molar-refractivity contribution in [3.63, 3.8) is 0 Å². The van der Waals surface area contributed by atoms with Gasteiger partial charge in [0.15, 0.2) is 5.03 Å². The number of sulfonamides is 1. The maximum atomic E-state index is 12.3. The SMILES string of the molecule is O=S(=O)(Nc1ccc(C(F)(F)F)cc1)c1cnc[nH]1. The lowest BCUT2D eigenvalue weighted by Crippen LogP contribution is -2.13. The van der Waals surface area contributed by atoms with Crippen LogP contribution in [0.3, 0.4) is 0 Å². The summed E-state index contributed by atoms with van der Waals surface area (Å²) < 4.78 is 62.6. The molecule has 0 aliphatic heterocycles. The van der Waals surface area contributed by atoms with Crippen LogP contribution in [0.4, 0.5) is 18.9 Å². The third-order valence-corrected chi connectivity index (χ3v) is 3.53. The Morgan fingerprint density at radius 2 is 1.79 bits per heavy atom. The van der Waals surface area contributed by atoms with Gasteiger partial charge >= 0.3 is 6.18 Å². The second-order valence-electron chi connectivity index (χ2n) is 3.60. The molecule has 19 heavy (non-hydrogen) atoms. The number of benzene rings is 1. The average Bonchev–Trinajstić information content (AvgIpc) is 2.82. The van der Waals surface area contributed by atoms with Gasteiger partial charge in [-0.25, -0.2) is 4.98 Å². The number of aromatic nitrogens is 2. The summed E-state index contributed by atoms with van der Waals surface area (Å²) in [7, 11) is -3.87. The zero-order chi connectivity index (χ0) is 14.1. The molecule has 0 radical (unpaired) electrons. The Kier molecular flexibility index (Phi) is 3.23. The van der Waals surface area contributed by atoms with Crippen LogP contribution in [0.1, 0.15) is 5.56 Å². The van der Waals surface area contributed by atoms with Crippen LogP contribution in [0.2, 0.25) is 0 Å². The molecule has 1 aromatic carbocycles. The Balaban J connectivity index is 2.21. The molecule has 1 aromatic heterocycles. The summed E-state index contributed by atoms with van der Waals surface area (Å²) >= 11 is 0. The molecular weight excluding hydrogens is 283 g/mol. The number of hydrogen-bond acceptors (Lipinski definition) is 3. The number of nitrogens with one attached hydrogen (secondary N) is 2. The van der Waals surface area contributed by atoms with E-state index in [1.54, 1.807) is 0 Å². The van der Waals surface area contributed by atoms with Crippen LogP contribution in [0, 0.1) is 0 Å². The lowest BCUT2D eigenvalue weighted by Gasteiger charge is -2.09. The summed E-state index contributed by atoms with van der Waals surface area (Å²) in [5, 5.41) is -0.174. The van der Waals surface area contributed by atoms with Gasteiger partial charge in [0.1, 0.15) is 0 Å². The van der Waals surface area contributed by atoms with Gasteiger partial charge in [-0.3, -0.25) is 4.72 Å². The highest BCUT2D eigenvalue weighted by atomic mass is 32.2. The molecule has 0 fully saturated rings. The van der Waals surface area contributed by atoms with Gasteiger partial charge in [0.2, 0.25) is 0 Å². The number of hydrogen-bond donors (Lipinski definition) is 2. The van der Waals surface area contributed by atoms with Crippen LogP contribution in [0.25, 0.3) is 0 Å². The Bertz CT molecular complexity index is 648. The molecule has 0 spiro atoms. The highest BCUT2D eigenvalue weighted by Crippen LogP contribution is 2.30. The first-order chi connectivity index (χ1) is 8.79. The van der Waals surface area contributed by atoms with E-state index in [4.69, 9.17) is 0 Å². The van der Waals surface area contributed by atoms with E-state index in [9.17, 15) is 21.6 Å². The van der Waals surface area contributed by atoms with Crippen LogP contribution in [0.15, 0.2) is 41.8 Å². The van der Waals surface area contributed by atoms with Crippen LogP contribution in [0.5, 0.6) is 0 Å². The molecule has 0 saturated heterocycles. The minimum Gasteiger partial charge on any atom is -0.334 e. The van der Waals surface area contributed by atoms with Crippen molar-refractivity contribution in [1.82, 2.24) is 9.97 Å². The number of H-pyrrole nitrogens is 1. The summed E-state index contributed by atoms with van der Waals surface area (Å²) in [6, 6.07) is 3.67. The predicted octanol–water partition coefficient (Wildman–Crippen LogP) is 2.23. The minimum atomic E-state index is -4.46. The van der Waals surface area contributed by atoms with Crippen molar-refractivity contribution in [2.45, 2.75) is 11.2 Å². The third-order valence-electron chi connectivity index (χ3n) is 2.23. The summed E-state index contributed by atoms with van der Waals surface area (Å²) in [6.07, 6.45) is -2.19. The van der Waals surface area contributed by atoms with E-state index >= 15 is 0 Å². The second-order valence-corrected chi connectivity index (χ2v) is 5.25. The molecule has 2 rings (SSSR count). The molecule has 102 valence electrons. The molecular formula is C10H8F3N3O2S. The molecule has 0 saturated carbocycles. The molecule has 0 aliphatic carbocycles. The average molecular weight is 291 g/mol. The fraction of sp³-hybridized carbons (Fsp3) is 0.100. The lowest BCUT2D eigenvalue weighted by atomic mass is 10.2. The lowest BCUT2D eigenvalue weighted by molar-refractivity contribution is -0.137.